The van der Waals surface area contributed by atoms with Crippen molar-refractivity contribution in [3.63, 3.8) is 0 Å². The van der Waals surface area contributed by atoms with Crippen molar-refractivity contribution in [3.8, 4) is 5.75 Å². The van der Waals surface area contributed by atoms with Crippen LogP contribution in [0.1, 0.15) is 30.4 Å². The molecular weight excluding hydrogens is 255 g/mol. The molecule has 2 nitrogen and oxygen atoms in total. The van der Waals surface area contributed by atoms with Crippen molar-refractivity contribution in [2.24, 2.45) is 0 Å². The average molecular weight is 271 g/mol. The van der Waals surface area contributed by atoms with Gasteiger partial charge in [-0.3, -0.25) is 0 Å². The van der Waals surface area contributed by atoms with Crippen LogP contribution in [0.2, 0.25) is 0 Å². The minimum absolute atomic E-state index is 0.00294. The molecule has 0 bridgehead atoms. The molecule has 5 heteroatoms. The van der Waals surface area contributed by atoms with Gasteiger partial charge in [0, 0.05) is 11.0 Å². The van der Waals surface area contributed by atoms with E-state index in [9.17, 15) is 13.2 Å². The molecule has 2 heterocycles. The molecule has 0 saturated carbocycles. The largest absolute Gasteiger partial charge is 0.493 e. The minimum atomic E-state index is -4.31. The third-order valence-electron chi connectivity index (χ3n) is 4.28. The van der Waals surface area contributed by atoms with Crippen molar-refractivity contribution < 1.29 is 17.9 Å². The number of piperidine rings is 1. The highest BCUT2D eigenvalue weighted by molar-refractivity contribution is 5.45. The van der Waals surface area contributed by atoms with Crippen LogP contribution in [0.25, 0.3) is 0 Å². The predicted octanol–water partition coefficient (Wildman–Crippen LogP) is 3.11. The SMILES string of the molecule is FC(F)(F)c1ccc2c(c1)OCCC21CCNCC1. The first-order valence-electron chi connectivity index (χ1n) is 6.57. The number of halogens is 3. The number of nitrogens with one attached hydrogen (secondary N) is 1. The topological polar surface area (TPSA) is 21.3 Å². The molecule has 1 spiro atoms. The highest BCUT2D eigenvalue weighted by atomic mass is 19.4. The Morgan fingerprint density at radius 2 is 1.84 bits per heavy atom. The van der Waals surface area contributed by atoms with Crippen LogP contribution in [0.5, 0.6) is 5.75 Å². The zero-order valence-corrected chi connectivity index (χ0v) is 10.5. The molecule has 3 rings (SSSR count). The van der Waals surface area contributed by atoms with E-state index in [0.717, 1.165) is 44.0 Å². The predicted molar refractivity (Wildman–Crippen MR) is 65.3 cm³/mol. The Morgan fingerprint density at radius 3 is 2.53 bits per heavy atom. The fourth-order valence-corrected chi connectivity index (χ4v) is 3.17. The van der Waals surface area contributed by atoms with Crippen LogP contribution in [-0.4, -0.2) is 19.7 Å². The maximum atomic E-state index is 12.7. The lowest BCUT2D eigenvalue weighted by molar-refractivity contribution is -0.137. The molecule has 0 radical (unpaired) electrons. The summed E-state index contributed by atoms with van der Waals surface area (Å²) in [6.45, 7) is 2.34. The van der Waals surface area contributed by atoms with Crippen LogP contribution in [0, 0.1) is 0 Å². The van der Waals surface area contributed by atoms with Crippen LogP contribution < -0.4 is 10.1 Å². The highest BCUT2D eigenvalue weighted by Crippen LogP contribution is 2.46. The molecule has 0 aliphatic carbocycles. The minimum Gasteiger partial charge on any atom is -0.493 e. The lowest BCUT2D eigenvalue weighted by Gasteiger charge is -2.42. The van der Waals surface area contributed by atoms with Crippen molar-refractivity contribution in [1.82, 2.24) is 5.32 Å². The van der Waals surface area contributed by atoms with Gasteiger partial charge in [-0.15, -0.1) is 0 Å². The van der Waals surface area contributed by atoms with Gasteiger partial charge in [0.1, 0.15) is 5.75 Å². The molecule has 1 aromatic rings. The maximum absolute atomic E-state index is 12.7. The van der Waals surface area contributed by atoms with Gasteiger partial charge in [-0.1, -0.05) is 6.07 Å². The molecule has 104 valence electrons. The molecule has 1 N–H and O–H groups in total. The van der Waals surface area contributed by atoms with E-state index in [1.165, 1.54) is 6.07 Å². The van der Waals surface area contributed by atoms with Crippen LogP contribution >= 0.6 is 0 Å². The van der Waals surface area contributed by atoms with Gasteiger partial charge in [0.15, 0.2) is 0 Å². The van der Waals surface area contributed by atoms with Crippen molar-refractivity contribution in [2.45, 2.75) is 30.9 Å². The van der Waals surface area contributed by atoms with Gasteiger partial charge >= 0.3 is 6.18 Å². The van der Waals surface area contributed by atoms with Crippen molar-refractivity contribution >= 4 is 0 Å². The Hall–Kier alpha value is -1.23. The number of hydrogen-bond acceptors (Lipinski definition) is 2. The van der Waals surface area contributed by atoms with E-state index < -0.39 is 11.7 Å². The van der Waals surface area contributed by atoms with Gasteiger partial charge in [0.05, 0.1) is 12.2 Å². The lowest BCUT2D eigenvalue weighted by atomic mass is 9.69. The molecule has 0 unspecified atom stereocenters. The summed E-state index contributed by atoms with van der Waals surface area (Å²) in [6.07, 6.45) is -1.48. The summed E-state index contributed by atoms with van der Waals surface area (Å²) in [4.78, 5) is 0. The third kappa shape index (κ3) is 2.20. The standard InChI is InChI=1S/C14H16F3NO/c15-14(16,17)10-1-2-11-12(9-10)19-8-5-13(11)3-6-18-7-4-13/h1-2,9,18H,3-8H2. The van der Waals surface area contributed by atoms with Gasteiger partial charge in [-0.25, -0.2) is 0 Å². The summed E-state index contributed by atoms with van der Waals surface area (Å²) in [6, 6.07) is 3.94. The Labute approximate surface area is 109 Å². The number of fused-ring (bicyclic) bond motifs is 2. The van der Waals surface area contributed by atoms with E-state index in [1.807, 2.05) is 0 Å². The third-order valence-corrected chi connectivity index (χ3v) is 4.28. The molecule has 2 aliphatic rings. The zero-order chi connectivity index (χ0) is 13.5. The van der Waals surface area contributed by atoms with Crippen LogP contribution in [-0.2, 0) is 11.6 Å². The summed E-state index contributed by atoms with van der Waals surface area (Å²) in [7, 11) is 0. The number of benzene rings is 1. The van der Waals surface area contributed by atoms with E-state index in [0.29, 0.717) is 12.4 Å². The second-order valence-corrected chi connectivity index (χ2v) is 5.34. The molecule has 0 atom stereocenters. The normalized spacial score (nSPS) is 21.8. The summed E-state index contributed by atoms with van der Waals surface area (Å²) in [5.41, 5.74) is 0.327. The molecule has 19 heavy (non-hydrogen) atoms. The van der Waals surface area contributed by atoms with Gasteiger partial charge in [0.2, 0.25) is 0 Å². The zero-order valence-electron chi connectivity index (χ0n) is 10.5. The van der Waals surface area contributed by atoms with Crippen LogP contribution in [0.15, 0.2) is 18.2 Å². The number of ether oxygens (including phenoxy) is 1. The molecule has 0 aromatic heterocycles. The average Bonchev–Trinajstić information content (AvgIpc) is 2.39. The smallest absolute Gasteiger partial charge is 0.416 e. The summed E-state index contributed by atoms with van der Waals surface area (Å²) >= 11 is 0. The second kappa shape index (κ2) is 4.40. The first-order valence-corrected chi connectivity index (χ1v) is 6.57. The summed E-state index contributed by atoms with van der Waals surface area (Å²) < 4.78 is 43.6. The van der Waals surface area contributed by atoms with E-state index in [4.69, 9.17) is 4.74 Å². The monoisotopic (exact) mass is 271 g/mol. The van der Waals surface area contributed by atoms with E-state index in [1.54, 1.807) is 6.07 Å². The molecular formula is C14H16F3NO. The van der Waals surface area contributed by atoms with E-state index in [2.05, 4.69) is 5.32 Å². The molecule has 2 aliphatic heterocycles. The van der Waals surface area contributed by atoms with Crippen molar-refractivity contribution in [1.29, 1.82) is 0 Å². The fourth-order valence-electron chi connectivity index (χ4n) is 3.17. The number of rotatable bonds is 0. The number of alkyl halides is 3. The van der Waals surface area contributed by atoms with Gasteiger partial charge in [-0.05, 0) is 44.5 Å². The van der Waals surface area contributed by atoms with Gasteiger partial charge in [-0.2, -0.15) is 13.2 Å². The van der Waals surface area contributed by atoms with Crippen molar-refractivity contribution in [2.75, 3.05) is 19.7 Å². The Morgan fingerprint density at radius 1 is 1.11 bits per heavy atom. The number of hydrogen-bond donors (Lipinski definition) is 1. The van der Waals surface area contributed by atoms with Crippen LogP contribution in [0.4, 0.5) is 13.2 Å². The molecule has 0 amide bonds. The Kier molecular flexibility index (Phi) is 2.96. The first kappa shape index (κ1) is 12.8. The summed E-state index contributed by atoms with van der Waals surface area (Å²) in [5, 5.41) is 3.30. The molecule has 1 fully saturated rings. The summed E-state index contributed by atoms with van der Waals surface area (Å²) in [5.74, 6) is 0.419. The first-order chi connectivity index (χ1) is 9.01. The molecule has 1 aromatic carbocycles. The van der Waals surface area contributed by atoms with Gasteiger partial charge < -0.3 is 10.1 Å². The highest BCUT2D eigenvalue weighted by Gasteiger charge is 2.40. The van der Waals surface area contributed by atoms with Crippen molar-refractivity contribution in [3.05, 3.63) is 29.3 Å². The lowest BCUT2D eigenvalue weighted by Crippen LogP contribution is -2.43. The van der Waals surface area contributed by atoms with Gasteiger partial charge in [0.25, 0.3) is 0 Å². The quantitative estimate of drug-likeness (QED) is 0.783. The Bertz CT molecular complexity index is 478. The maximum Gasteiger partial charge on any atom is 0.416 e. The molecule has 1 saturated heterocycles. The van der Waals surface area contributed by atoms with Crippen LogP contribution in [0.3, 0.4) is 0 Å². The second-order valence-electron chi connectivity index (χ2n) is 5.34. The fraction of sp³-hybridized carbons (Fsp3) is 0.571. The van der Waals surface area contributed by atoms with E-state index >= 15 is 0 Å². The van der Waals surface area contributed by atoms with E-state index in [-0.39, 0.29) is 5.41 Å². The Balaban J connectivity index is 2.02.